The average Bonchev–Trinajstić information content (AvgIpc) is 2.78. The number of urea groups is 1. The first-order chi connectivity index (χ1) is 14.7. The SMILES string of the molecule is O=C(Nc1cccnc1)Nc1ccc2c(c1)C(CCC(=O)c1ccccc1)NN=C2. The molecule has 1 unspecified atom stereocenters. The van der Waals surface area contributed by atoms with Gasteiger partial charge in [0.2, 0.25) is 0 Å². The summed E-state index contributed by atoms with van der Waals surface area (Å²) in [5, 5.41) is 9.78. The van der Waals surface area contributed by atoms with Crippen LogP contribution in [0.15, 0.2) is 78.2 Å². The first kappa shape index (κ1) is 19.3. The molecule has 0 bridgehead atoms. The van der Waals surface area contributed by atoms with Gasteiger partial charge in [0.15, 0.2) is 5.78 Å². The summed E-state index contributed by atoms with van der Waals surface area (Å²) < 4.78 is 0. The van der Waals surface area contributed by atoms with Crippen molar-refractivity contribution < 1.29 is 9.59 Å². The number of nitrogens with one attached hydrogen (secondary N) is 3. The lowest BCUT2D eigenvalue weighted by molar-refractivity contribution is 0.0976. The number of amides is 2. The minimum absolute atomic E-state index is 0.0960. The molecule has 0 saturated heterocycles. The highest BCUT2D eigenvalue weighted by atomic mass is 16.2. The van der Waals surface area contributed by atoms with Crippen LogP contribution in [0.4, 0.5) is 16.2 Å². The molecule has 1 aromatic heterocycles. The summed E-state index contributed by atoms with van der Waals surface area (Å²) in [6.07, 6.45) is 5.96. The van der Waals surface area contributed by atoms with Gasteiger partial charge in [-0.25, -0.2) is 4.79 Å². The van der Waals surface area contributed by atoms with Crippen molar-refractivity contribution in [3.63, 3.8) is 0 Å². The molecule has 3 N–H and O–H groups in total. The summed E-state index contributed by atoms with van der Waals surface area (Å²) in [5.74, 6) is 0.0960. The number of aromatic nitrogens is 1. The average molecular weight is 399 g/mol. The lowest BCUT2D eigenvalue weighted by Crippen LogP contribution is -2.24. The Hall–Kier alpha value is -4.00. The molecule has 150 valence electrons. The number of rotatable bonds is 6. The van der Waals surface area contributed by atoms with Crippen molar-refractivity contribution in [1.29, 1.82) is 0 Å². The van der Waals surface area contributed by atoms with Crippen molar-refractivity contribution in [1.82, 2.24) is 10.4 Å². The van der Waals surface area contributed by atoms with Gasteiger partial charge in [0, 0.05) is 23.9 Å². The number of ketones is 1. The number of hydrazone groups is 1. The molecule has 30 heavy (non-hydrogen) atoms. The van der Waals surface area contributed by atoms with Gasteiger partial charge in [-0.1, -0.05) is 36.4 Å². The standard InChI is InChI=1S/C23H21N5O2/c29-22(16-5-2-1-3-6-16)11-10-21-20-13-18(9-8-17(20)14-25-28-21)26-23(30)27-19-7-4-12-24-15-19/h1-9,12-15,21,28H,10-11H2,(H2,26,27,30). The van der Waals surface area contributed by atoms with Crippen molar-refractivity contribution >= 4 is 29.4 Å². The van der Waals surface area contributed by atoms with E-state index in [4.69, 9.17) is 0 Å². The quantitative estimate of drug-likeness (QED) is 0.537. The maximum atomic E-state index is 12.4. The van der Waals surface area contributed by atoms with E-state index in [0.29, 0.717) is 29.8 Å². The fourth-order valence-electron chi connectivity index (χ4n) is 3.33. The Balaban J connectivity index is 1.43. The molecule has 7 heteroatoms. The highest BCUT2D eigenvalue weighted by Crippen LogP contribution is 2.28. The molecule has 2 heterocycles. The van der Waals surface area contributed by atoms with Gasteiger partial charge >= 0.3 is 6.03 Å². The predicted octanol–water partition coefficient (Wildman–Crippen LogP) is 4.37. The Kier molecular flexibility index (Phi) is 5.80. The summed E-state index contributed by atoms with van der Waals surface area (Å²) in [5.41, 5.74) is 7.01. The van der Waals surface area contributed by atoms with E-state index in [-0.39, 0.29) is 17.9 Å². The molecule has 0 spiro atoms. The minimum Gasteiger partial charge on any atom is -0.308 e. The zero-order valence-corrected chi connectivity index (χ0v) is 16.2. The Morgan fingerprint density at radius 2 is 1.80 bits per heavy atom. The second kappa shape index (κ2) is 9.00. The van der Waals surface area contributed by atoms with Crippen LogP contribution in [0.5, 0.6) is 0 Å². The van der Waals surface area contributed by atoms with Crippen LogP contribution >= 0.6 is 0 Å². The minimum atomic E-state index is -0.351. The Labute approximate surface area is 174 Å². The van der Waals surface area contributed by atoms with E-state index in [1.807, 2.05) is 48.5 Å². The van der Waals surface area contributed by atoms with Gasteiger partial charge in [0.05, 0.1) is 24.1 Å². The van der Waals surface area contributed by atoms with Crippen LogP contribution < -0.4 is 16.1 Å². The fraction of sp³-hybridized carbons (Fsp3) is 0.130. The molecule has 4 rings (SSSR count). The van der Waals surface area contributed by atoms with Gasteiger partial charge < -0.3 is 16.1 Å². The highest BCUT2D eigenvalue weighted by Gasteiger charge is 2.20. The fourth-order valence-corrected chi connectivity index (χ4v) is 3.33. The van der Waals surface area contributed by atoms with E-state index in [0.717, 1.165) is 11.1 Å². The zero-order valence-electron chi connectivity index (χ0n) is 16.2. The van der Waals surface area contributed by atoms with E-state index in [2.05, 4.69) is 26.1 Å². The van der Waals surface area contributed by atoms with Crippen molar-refractivity contribution in [3.05, 3.63) is 89.7 Å². The lowest BCUT2D eigenvalue weighted by atomic mass is 9.94. The van der Waals surface area contributed by atoms with Crippen LogP contribution in [0, 0.1) is 0 Å². The van der Waals surface area contributed by atoms with Crippen LogP contribution in [0.1, 0.15) is 40.4 Å². The normalized spacial score (nSPS) is 14.3. The van der Waals surface area contributed by atoms with Gasteiger partial charge in [-0.15, -0.1) is 0 Å². The third kappa shape index (κ3) is 4.70. The van der Waals surface area contributed by atoms with Crippen LogP contribution in [0.3, 0.4) is 0 Å². The van der Waals surface area contributed by atoms with Crippen molar-refractivity contribution in [2.45, 2.75) is 18.9 Å². The van der Waals surface area contributed by atoms with Crippen molar-refractivity contribution in [2.24, 2.45) is 5.10 Å². The van der Waals surface area contributed by atoms with Gasteiger partial charge in [-0.3, -0.25) is 9.78 Å². The Morgan fingerprint density at radius 1 is 0.967 bits per heavy atom. The number of carbonyl (C=O) groups is 2. The van der Waals surface area contributed by atoms with Crippen LogP contribution in [-0.2, 0) is 0 Å². The monoisotopic (exact) mass is 399 g/mol. The molecule has 0 fully saturated rings. The van der Waals surface area contributed by atoms with Crippen LogP contribution in [0.25, 0.3) is 0 Å². The molecule has 1 atom stereocenters. The number of carbonyl (C=O) groups excluding carboxylic acids is 2. The number of fused-ring (bicyclic) bond motifs is 1. The molecule has 0 radical (unpaired) electrons. The number of Topliss-reactive ketones (excluding diaryl/α,β-unsaturated/α-hetero) is 1. The first-order valence-electron chi connectivity index (χ1n) is 9.68. The number of nitrogens with zero attached hydrogens (tertiary/aromatic N) is 2. The number of hydrogen-bond donors (Lipinski definition) is 3. The number of hydrogen-bond acceptors (Lipinski definition) is 5. The van der Waals surface area contributed by atoms with Crippen molar-refractivity contribution in [2.75, 3.05) is 10.6 Å². The van der Waals surface area contributed by atoms with Gasteiger partial charge in [-0.05, 0) is 41.8 Å². The van der Waals surface area contributed by atoms with E-state index >= 15 is 0 Å². The number of pyridine rings is 1. The second-order valence-electron chi connectivity index (χ2n) is 6.93. The van der Waals surface area contributed by atoms with Gasteiger partial charge in [0.25, 0.3) is 0 Å². The summed E-state index contributed by atoms with van der Waals surface area (Å²) in [4.78, 5) is 28.7. The van der Waals surface area contributed by atoms with Crippen LogP contribution in [0.2, 0.25) is 0 Å². The molecular formula is C23H21N5O2. The maximum absolute atomic E-state index is 12.4. The molecule has 2 aromatic carbocycles. The smallest absolute Gasteiger partial charge is 0.308 e. The largest absolute Gasteiger partial charge is 0.323 e. The van der Waals surface area contributed by atoms with E-state index in [1.54, 1.807) is 30.7 Å². The summed E-state index contributed by atoms with van der Waals surface area (Å²) in [7, 11) is 0. The van der Waals surface area contributed by atoms with Gasteiger partial charge in [0.1, 0.15) is 0 Å². The highest BCUT2D eigenvalue weighted by molar-refractivity contribution is 6.00. The van der Waals surface area contributed by atoms with Crippen LogP contribution in [-0.4, -0.2) is 23.0 Å². The Morgan fingerprint density at radius 3 is 2.60 bits per heavy atom. The van der Waals surface area contributed by atoms with E-state index in [9.17, 15) is 9.59 Å². The van der Waals surface area contributed by atoms with Crippen molar-refractivity contribution in [3.8, 4) is 0 Å². The van der Waals surface area contributed by atoms with E-state index in [1.165, 1.54) is 0 Å². The third-order valence-electron chi connectivity index (χ3n) is 4.83. The molecular weight excluding hydrogens is 378 g/mol. The molecule has 1 aliphatic rings. The molecule has 0 aliphatic carbocycles. The van der Waals surface area contributed by atoms with Gasteiger partial charge in [-0.2, -0.15) is 5.10 Å². The molecule has 1 aliphatic heterocycles. The summed E-state index contributed by atoms with van der Waals surface area (Å²) >= 11 is 0. The maximum Gasteiger partial charge on any atom is 0.323 e. The molecule has 3 aromatic rings. The predicted molar refractivity (Wildman–Crippen MR) is 117 cm³/mol. The molecule has 2 amide bonds. The second-order valence-corrected chi connectivity index (χ2v) is 6.93. The summed E-state index contributed by atoms with van der Waals surface area (Å²) in [6.45, 7) is 0. The third-order valence-corrected chi connectivity index (χ3v) is 4.83. The Bertz CT molecular complexity index is 1070. The number of benzene rings is 2. The molecule has 7 nitrogen and oxygen atoms in total. The lowest BCUT2D eigenvalue weighted by Gasteiger charge is -2.23. The zero-order chi connectivity index (χ0) is 20.8. The topological polar surface area (TPSA) is 95.5 Å². The summed E-state index contributed by atoms with van der Waals surface area (Å²) in [6, 6.07) is 18.0. The molecule has 0 saturated carbocycles. The van der Waals surface area contributed by atoms with E-state index < -0.39 is 0 Å². The number of anilines is 2. The first-order valence-corrected chi connectivity index (χ1v) is 9.68.